The maximum absolute atomic E-state index is 12.5. The molecule has 0 radical (unpaired) electrons. The average Bonchev–Trinajstić information content (AvgIpc) is 2.74. The highest BCUT2D eigenvalue weighted by atomic mass is 16.4. The van der Waals surface area contributed by atoms with Crippen LogP contribution in [0.25, 0.3) is 0 Å². The number of nitrogens with one attached hydrogen (secondary N) is 3. The van der Waals surface area contributed by atoms with Crippen LogP contribution in [0.15, 0.2) is 24.3 Å². The Bertz CT molecular complexity index is 829. The zero-order chi connectivity index (χ0) is 24.3. The van der Waals surface area contributed by atoms with Crippen molar-refractivity contribution in [1.29, 1.82) is 0 Å². The lowest BCUT2D eigenvalue weighted by Gasteiger charge is -2.21. The molecule has 0 aliphatic heterocycles. The molecule has 32 heavy (non-hydrogen) atoms. The Morgan fingerprint density at radius 2 is 1.56 bits per heavy atom. The van der Waals surface area contributed by atoms with Crippen molar-refractivity contribution in [2.24, 2.45) is 5.73 Å². The number of carbonyl (C=O) groups excluding carboxylic acids is 3. The summed E-state index contributed by atoms with van der Waals surface area (Å²) < 4.78 is 0. The summed E-state index contributed by atoms with van der Waals surface area (Å²) in [5, 5.41) is 42.7. The Hall–Kier alpha value is -3.71. The number of carboxylic acid groups (broad SMARTS) is 2. The van der Waals surface area contributed by atoms with Gasteiger partial charge in [-0.05, 0) is 24.1 Å². The number of aromatic hydroxyl groups is 1. The molecule has 0 fully saturated rings. The summed E-state index contributed by atoms with van der Waals surface area (Å²) in [4.78, 5) is 58.2. The fourth-order valence-corrected chi connectivity index (χ4v) is 2.49. The molecule has 3 amide bonds. The topological polar surface area (TPSA) is 228 Å². The van der Waals surface area contributed by atoms with Gasteiger partial charge in [0.25, 0.3) is 0 Å². The number of nitrogens with two attached hydrogens (primary N) is 1. The third-order valence-electron chi connectivity index (χ3n) is 4.25. The van der Waals surface area contributed by atoms with E-state index in [1.54, 1.807) is 0 Å². The molecule has 13 nitrogen and oxygen atoms in total. The molecule has 0 spiro atoms. The normalized spacial score (nSPS) is 13.3. The third-order valence-corrected chi connectivity index (χ3v) is 4.25. The van der Waals surface area contributed by atoms with Gasteiger partial charge in [-0.25, -0.2) is 4.79 Å². The van der Waals surface area contributed by atoms with Crippen LogP contribution in [0.4, 0.5) is 0 Å². The first-order chi connectivity index (χ1) is 15.0. The van der Waals surface area contributed by atoms with E-state index in [0.29, 0.717) is 5.56 Å². The lowest BCUT2D eigenvalue weighted by atomic mass is 10.0. The van der Waals surface area contributed by atoms with Gasteiger partial charge in [0.1, 0.15) is 17.8 Å². The van der Waals surface area contributed by atoms with Crippen molar-refractivity contribution in [3.63, 3.8) is 0 Å². The zero-order valence-corrected chi connectivity index (χ0v) is 17.0. The quantitative estimate of drug-likeness (QED) is 0.154. The average molecular weight is 454 g/mol. The number of aliphatic hydroxyl groups is 1. The number of carboxylic acids is 2. The Kier molecular flexibility index (Phi) is 10.6. The second-order valence-corrected chi connectivity index (χ2v) is 6.83. The molecule has 13 heteroatoms. The summed E-state index contributed by atoms with van der Waals surface area (Å²) in [6.07, 6.45) is -0.542. The second-order valence-electron chi connectivity index (χ2n) is 6.83. The predicted octanol–water partition coefficient (Wildman–Crippen LogP) is -2.71. The van der Waals surface area contributed by atoms with Gasteiger partial charge in [0.15, 0.2) is 0 Å². The zero-order valence-electron chi connectivity index (χ0n) is 17.0. The fraction of sp³-hybridized carbons (Fsp3) is 0.421. The number of benzene rings is 1. The Balaban J connectivity index is 2.78. The molecule has 9 N–H and O–H groups in total. The SMILES string of the molecule is NC(CCC(=O)O)C(=O)NCC(=O)NC(Cc1ccc(O)cc1)C(=O)NC(CO)C(=O)O. The highest BCUT2D eigenvalue weighted by molar-refractivity contribution is 5.92. The predicted molar refractivity (Wildman–Crippen MR) is 108 cm³/mol. The van der Waals surface area contributed by atoms with Crippen LogP contribution in [0.1, 0.15) is 18.4 Å². The number of phenols is 1. The van der Waals surface area contributed by atoms with E-state index < -0.39 is 60.9 Å². The summed E-state index contributed by atoms with van der Waals surface area (Å²) >= 11 is 0. The minimum absolute atomic E-state index is 0.0213. The van der Waals surface area contributed by atoms with Crippen molar-refractivity contribution >= 4 is 29.7 Å². The Morgan fingerprint density at radius 1 is 0.938 bits per heavy atom. The van der Waals surface area contributed by atoms with E-state index in [2.05, 4.69) is 16.0 Å². The molecular weight excluding hydrogens is 428 g/mol. The van der Waals surface area contributed by atoms with Gasteiger partial charge in [-0.3, -0.25) is 19.2 Å². The molecule has 0 saturated heterocycles. The number of hydrogen-bond acceptors (Lipinski definition) is 8. The Morgan fingerprint density at radius 3 is 2.09 bits per heavy atom. The van der Waals surface area contributed by atoms with E-state index in [1.807, 2.05) is 0 Å². The fourth-order valence-electron chi connectivity index (χ4n) is 2.49. The van der Waals surface area contributed by atoms with E-state index in [1.165, 1.54) is 24.3 Å². The monoisotopic (exact) mass is 454 g/mol. The lowest BCUT2D eigenvalue weighted by molar-refractivity contribution is -0.143. The summed E-state index contributed by atoms with van der Waals surface area (Å²) in [6, 6.07) is 1.71. The Labute approximate surface area is 182 Å². The molecule has 0 aromatic heterocycles. The molecule has 3 unspecified atom stereocenters. The molecule has 0 aliphatic carbocycles. The van der Waals surface area contributed by atoms with Crippen LogP contribution in [0, 0.1) is 0 Å². The van der Waals surface area contributed by atoms with Gasteiger partial charge in [-0.15, -0.1) is 0 Å². The minimum Gasteiger partial charge on any atom is -0.508 e. The minimum atomic E-state index is -1.59. The van der Waals surface area contributed by atoms with Gasteiger partial charge in [0, 0.05) is 12.8 Å². The van der Waals surface area contributed by atoms with Gasteiger partial charge in [-0.1, -0.05) is 12.1 Å². The van der Waals surface area contributed by atoms with Gasteiger partial charge in [0.2, 0.25) is 17.7 Å². The molecule has 1 aromatic rings. The van der Waals surface area contributed by atoms with Crippen LogP contribution in [-0.2, 0) is 30.4 Å². The standard InChI is InChI=1S/C19H26N4O9/c20-12(5-6-16(27)28)17(29)21-8-15(26)22-13(7-10-1-3-11(25)4-2-10)18(30)23-14(9-24)19(31)32/h1-4,12-14,24-25H,5-9,20H2,(H,21,29)(H,22,26)(H,23,30)(H,27,28)(H,31,32). The van der Waals surface area contributed by atoms with Crippen LogP contribution in [0.2, 0.25) is 0 Å². The van der Waals surface area contributed by atoms with E-state index >= 15 is 0 Å². The number of phenolic OH excluding ortho intramolecular Hbond substituents is 1. The maximum Gasteiger partial charge on any atom is 0.328 e. The molecule has 0 heterocycles. The molecular formula is C19H26N4O9. The van der Waals surface area contributed by atoms with Crippen LogP contribution in [0.5, 0.6) is 5.75 Å². The first kappa shape index (κ1) is 26.3. The van der Waals surface area contributed by atoms with E-state index in [4.69, 9.17) is 21.1 Å². The molecule has 0 bridgehead atoms. The number of rotatable bonds is 13. The first-order valence-electron chi connectivity index (χ1n) is 9.49. The van der Waals surface area contributed by atoms with Gasteiger partial charge >= 0.3 is 11.9 Å². The van der Waals surface area contributed by atoms with Gasteiger partial charge in [-0.2, -0.15) is 0 Å². The van der Waals surface area contributed by atoms with Crippen LogP contribution in [0.3, 0.4) is 0 Å². The third kappa shape index (κ3) is 9.40. The van der Waals surface area contributed by atoms with Gasteiger partial charge < -0.3 is 42.1 Å². The summed E-state index contributed by atoms with van der Waals surface area (Å²) in [6.45, 7) is -1.44. The van der Waals surface area contributed by atoms with Crippen molar-refractivity contribution in [3.8, 4) is 5.75 Å². The van der Waals surface area contributed by atoms with Crippen molar-refractivity contribution in [2.75, 3.05) is 13.2 Å². The second kappa shape index (κ2) is 12.9. The first-order valence-corrected chi connectivity index (χ1v) is 9.49. The number of carbonyl (C=O) groups is 5. The number of hydrogen-bond donors (Lipinski definition) is 8. The molecule has 1 rings (SSSR count). The van der Waals surface area contributed by atoms with Crippen LogP contribution >= 0.6 is 0 Å². The summed E-state index contributed by atoms with van der Waals surface area (Å²) in [5.74, 6) is -5.06. The maximum atomic E-state index is 12.5. The number of amides is 3. The van der Waals surface area contributed by atoms with Crippen LogP contribution in [-0.4, -0.2) is 81.4 Å². The van der Waals surface area contributed by atoms with E-state index in [0.717, 1.165) is 0 Å². The van der Waals surface area contributed by atoms with Gasteiger partial charge in [0.05, 0.1) is 19.2 Å². The van der Waals surface area contributed by atoms with Crippen LogP contribution < -0.4 is 21.7 Å². The van der Waals surface area contributed by atoms with E-state index in [-0.39, 0.29) is 25.0 Å². The number of aliphatic hydroxyl groups excluding tert-OH is 1. The largest absolute Gasteiger partial charge is 0.508 e. The molecule has 1 aromatic carbocycles. The van der Waals surface area contributed by atoms with Crippen molar-refractivity contribution in [2.45, 2.75) is 37.4 Å². The summed E-state index contributed by atoms with van der Waals surface area (Å²) in [7, 11) is 0. The van der Waals surface area contributed by atoms with E-state index in [9.17, 15) is 29.1 Å². The molecule has 176 valence electrons. The van der Waals surface area contributed by atoms with Crippen molar-refractivity contribution < 1.29 is 44.4 Å². The lowest BCUT2D eigenvalue weighted by Crippen LogP contribution is -2.55. The highest BCUT2D eigenvalue weighted by Crippen LogP contribution is 2.11. The smallest absolute Gasteiger partial charge is 0.328 e. The highest BCUT2D eigenvalue weighted by Gasteiger charge is 2.27. The van der Waals surface area contributed by atoms with Crippen molar-refractivity contribution in [3.05, 3.63) is 29.8 Å². The van der Waals surface area contributed by atoms with Crippen molar-refractivity contribution in [1.82, 2.24) is 16.0 Å². The molecule has 3 atom stereocenters. The molecule has 0 aliphatic rings. The number of aliphatic carboxylic acids is 2. The summed E-state index contributed by atoms with van der Waals surface area (Å²) in [5.41, 5.74) is 6.07. The molecule has 0 saturated carbocycles.